The van der Waals surface area contributed by atoms with Crippen molar-refractivity contribution in [1.29, 1.82) is 0 Å². The highest BCUT2D eigenvalue weighted by atomic mass is 31.2. The third kappa shape index (κ3) is 3.23. The van der Waals surface area contributed by atoms with E-state index in [4.69, 9.17) is 14.8 Å². The van der Waals surface area contributed by atoms with Crippen LogP contribution >= 0.6 is 7.60 Å². The minimum absolute atomic E-state index is 0.105. The highest BCUT2D eigenvalue weighted by Crippen LogP contribution is 2.59. The van der Waals surface area contributed by atoms with Gasteiger partial charge in [0.2, 0.25) is 0 Å². The predicted molar refractivity (Wildman–Crippen MR) is 67.6 cm³/mol. The molecule has 0 amide bonds. The molecule has 6 nitrogen and oxygen atoms in total. The summed E-state index contributed by atoms with van der Waals surface area (Å²) >= 11 is 0. The smallest absolute Gasteiger partial charge is 0.351 e. The maximum absolute atomic E-state index is 12.4. The molecule has 0 radical (unpaired) electrons. The molecule has 1 rings (SSSR count). The van der Waals surface area contributed by atoms with Crippen molar-refractivity contribution in [2.24, 2.45) is 5.73 Å². The molecular formula is C11H18NO5P. The van der Waals surface area contributed by atoms with Crippen LogP contribution in [-0.2, 0) is 13.6 Å². The van der Waals surface area contributed by atoms with E-state index in [-0.39, 0.29) is 30.3 Å². The molecule has 1 atom stereocenters. The molecule has 7 heteroatoms. The van der Waals surface area contributed by atoms with E-state index in [0.717, 1.165) is 6.07 Å². The van der Waals surface area contributed by atoms with Crippen LogP contribution in [0.5, 0.6) is 11.5 Å². The molecule has 0 unspecified atom stereocenters. The Bertz CT molecular complexity index is 441. The fraction of sp³-hybridized carbons (Fsp3) is 0.455. The minimum Gasteiger partial charge on any atom is -0.508 e. The van der Waals surface area contributed by atoms with E-state index < -0.39 is 13.4 Å². The summed E-state index contributed by atoms with van der Waals surface area (Å²) in [4.78, 5) is 0. The van der Waals surface area contributed by atoms with Crippen molar-refractivity contribution in [2.45, 2.75) is 19.6 Å². The van der Waals surface area contributed by atoms with E-state index in [2.05, 4.69) is 0 Å². The predicted octanol–water partition coefficient (Wildman–Crippen LogP) is 2.32. The van der Waals surface area contributed by atoms with Crippen LogP contribution < -0.4 is 5.73 Å². The fourth-order valence-corrected chi connectivity index (χ4v) is 3.18. The first-order valence-corrected chi connectivity index (χ1v) is 7.22. The van der Waals surface area contributed by atoms with Crippen molar-refractivity contribution in [1.82, 2.24) is 0 Å². The number of rotatable bonds is 6. The van der Waals surface area contributed by atoms with Gasteiger partial charge in [-0.05, 0) is 26.0 Å². The average molecular weight is 275 g/mol. The number of hydrogen-bond donors (Lipinski definition) is 3. The Morgan fingerprint density at radius 3 is 2.28 bits per heavy atom. The van der Waals surface area contributed by atoms with Gasteiger partial charge in [0, 0.05) is 11.6 Å². The zero-order valence-corrected chi connectivity index (χ0v) is 11.3. The monoisotopic (exact) mass is 275 g/mol. The molecule has 0 bridgehead atoms. The first kappa shape index (κ1) is 15.0. The molecule has 0 heterocycles. The second-order valence-corrected chi connectivity index (χ2v) is 5.72. The summed E-state index contributed by atoms with van der Waals surface area (Å²) in [5.74, 6) is -1.45. The van der Waals surface area contributed by atoms with Crippen LogP contribution in [-0.4, -0.2) is 23.4 Å². The number of phenols is 2. The van der Waals surface area contributed by atoms with Crippen LogP contribution in [0.1, 0.15) is 25.2 Å². The lowest BCUT2D eigenvalue weighted by Crippen LogP contribution is -2.15. The molecule has 0 fully saturated rings. The standard InChI is InChI=1S/C11H18NO5P/c1-3-16-18(15,17-4-2)11(12)9-6-5-8(13)7-10(9)14/h5-7,11,13-14H,3-4,12H2,1-2H3/t11-/m1/s1. The third-order valence-corrected chi connectivity index (χ3v) is 4.49. The maximum Gasteiger partial charge on any atom is 0.351 e. The average Bonchev–Trinajstić information content (AvgIpc) is 2.29. The van der Waals surface area contributed by atoms with Crippen molar-refractivity contribution in [3.63, 3.8) is 0 Å². The van der Waals surface area contributed by atoms with Crippen molar-refractivity contribution in [2.75, 3.05) is 13.2 Å². The Kier molecular flexibility index (Phi) is 5.16. The molecular weight excluding hydrogens is 257 g/mol. The van der Waals surface area contributed by atoms with Gasteiger partial charge in [0.15, 0.2) is 0 Å². The van der Waals surface area contributed by atoms with E-state index >= 15 is 0 Å². The first-order chi connectivity index (χ1) is 8.44. The number of phenolic OH excluding ortho intramolecular Hbond substituents is 2. The van der Waals surface area contributed by atoms with Crippen LogP contribution in [0.4, 0.5) is 0 Å². The van der Waals surface area contributed by atoms with Gasteiger partial charge in [0.05, 0.1) is 13.2 Å². The van der Waals surface area contributed by atoms with Gasteiger partial charge in [0.1, 0.15) is 17.3 Å². The molecule has 0 aliphatic heterocycles. The molecule has 0 aliphatic rings. The lowest BCUT2D eigenvalue weighted by atomic mass is 10.2. The lowest BCUT2D eigenvalue weighted by molar-refractivity contribution is 0.212. The topological polar surface area (TPSA) is 102 Å². The molecule has 18 heavy (non-hydrogen) atoms. The SMILES string of the molecule is CCOP(=O)(OCC)[C@@H](N)c1ccc(O)cc1O. The maximum atomic E-state index is 12.4. The summed E-state index contributed by atoms with van der Waals surface area (Å²) in [6, 6.07) is 3.86. The van der Waals surface area contributed by atoms with Gasteiger partial charge in [-0.3, -0.25) is 4.57 Å². The normalized spacial score (nSPS) is 13.5. The Labute approximate surface area is 106 Å². The summed E-state index contributed by atoms with van der Waals surface area (Å²) in [5, 5.41) is 18.9. The first-order valence-electron chi connectivity index (χ1n) is 5.60. The van der Waals surface area contributed by atoms with Crippen molar-refractivity contribution in [3.8, 4) is 11.5 Å². The molecule has 1 aromatic rings. The van der Waals surface area contributed by atoms with E-state index in [1.807, 2.05) is 0 Å². The van der Waals surface area contributed by atoms with Gasteiger partial charge in [0.25, 0.3) is 0 Å². The molecule has 0 aliphatic carbocycles. The van der Waals surface area contributed by atoms with Crippen molar-refractivity contribution in [3.05, 3.63) is 23.8 Å². The van der Waals surface area contributed by atoms with Gasteiger partial charge >= 0.3 is 7.60 Å². The van der Waals surface area contributed by atoms with Crippen LogP contribution in [0.15, 0.2) is 18.2 Å². The zero-order chi connectivity index (χ0) is 13.8. The van der Waals surface area contributed by atoms with E-state index in [9.17, 15) is 14.8 Å². The van der Waals surface area contributed by atoms with E-state index in [0.29, 0.717) is 0 Å². The highest BCUT2D eigenvalue weighted by molar-refractivity contribution is 7.54. The largest absolute Gasteiger partial charge is 0.508 e. The number of aromatic hydroxyl groups is 2. The van der Waals surface area contributed by atoms with Crippen LogP contribution in [0.25, 0.3) is 0 Å². The van der Waals surface area contributed by atoms with Crippen LogP contribution in [0.3, 0.4) is 0 Å². The Balaban J connectivity index is 3.09. The van der Waals surface area contributed by atoms with Gasteiger partial charge in [-0.1, -0.05) is 0 Å². The number of hydrogen-bond acceptors (Lipinski definition) is 6. The van der Waals surface area contributed by atoms with Crippen molar-refractivity contribution >= 4 is 7.60 Å². The minimum atomic E-state index is -3.54. The molecule has 0 saturated carbocycles. The molecule has 102 valence electrons. The van der Waals surface area contributed by atoms with Gasteiger partial charge < -0.3 is 25.0 Å². The Morgan fingerprint density at radius 2 is 1.83 bits per heavy atom. The zero-order valence-electron chi connectivity index (χ0n) is 10.4. The highest BCUT2D eigenvalue weighted by Gasteiger charge is 2.35. The Morgan fingerprint density at radius 1 is 1.28 bits per heavy atom. The van der Waals surface area contributed by atoms with Crippen molar-refractivity contribution < 1.29 is 23.8 Å². The second kappa shape index (κ2) is 6.20. The lowest BCUT2D eigenvalue weighted by Gasteiger charge is -2.23. The van der Waals surface area contributed by atoms with Gasteiger partial charge in [-0.2, -0.15) is 0 Å². The van der Waals surface area contributed by atoms with Crippen LogP contribution in [0.2, 0.25) is 0 Å². The molecule has 0 aromatic heterocycles. The van der Waals surface area contributed by atoms with E-state index in [1.165, 1.54) is 12.1 Å². The summed E-state index contributed by atoms with van der Waals surface area (Å²) in [6.45, 7) is 3.72. The quantitative estimate of drug-likeness (QED) is 0.688. The summed E-state index contributed by atoms with van der Waals surface area (Å²) in [7, 11) is -3.54. The summed E-state index contributed by atoms with van der Waals surface area (Å²) < 4.78 is 22.6. The van der Waals surface area contributed by atoms with Gasteiger partial charge in [-0.15, -0.1) is 0 Å². The van der Waals surface area contributed by atoms with Crippen LogP contribution in [0, 0.1) is 0 Å². The van der Waals surface area contributed by atoms with E-state index in [1.54, 1.807) is 13.8 Å². The summed E-state index contributed by atoms with van der Waals surface area (Å²) in [6.07, 6.45) is 0. The number of benzene rings is 1. The van der Waals surface area contributed by atoms with Gasteiger partial charge in [-0.25, -0.2) is 0 Å². The third-order valence-electron chi connectivity index (χ3n) is 2.29. The molecule has 0 spiro atoms. The number of nitrogens with two attached hydrogens (primary N) is 1. The Hall–Kier alpha value is -1.07. The fourth-order valence-electron chi connectivity index (χ4n) is 1.51. The second-order valence-electron chi connectivity index (χ2n) is 3.56. The molecule has 4 N–H and O–H groups in total. The molecule has 1 aromatic carbocycles. The summed E-state index contributed by atoms with van der Waals surface area (Å²) in [5.41, 5.74) is 6.05. The molecule has 0 saturated heterocycles.